The van der Waals surface area contributed by atoms with Gasteiger partial charge in [-0.15, -0.1) is 0 Å². The molecule has 0 aliphatic carbocycles. The van der Waals surface area contributed by atoms with E-state index in [4.69, 9.17) is 14.2 Å². The Balaban J connectivity index is 1.62. The maximum Gasteiger partial charge on any atom is 0.203 e. The summed E-state index contributed by atoms with van der Waals surface area (Å²) in [4.78, 5) is 3.33. The highest BCUT2D eigenvalue weighted by Crippen LogP contribution is 2.37. The first-order valence-corrected chi connectivity index (χ1v) is 8.42. The second-order valence-corrected chi connectivity index (χ2v) is 5.92. The zero-order valence-electron chi connectivity index (χ0n) is 15.0. The van der Waals surface area contributed by atoms with Crippen LogP contribution in [0, 0.1) is 0 Å². The van der Waals surface area contributed by atoms with Crippen LogP contribution in [0.4, 0.5) is 0 Å². The molecule has 25 heavy (non-hydrogen) atoms. The summed E-state index contributed by atoms with van der Waals surface area (Å²) in [7, 11) is 4.90. The Morgan fingerprint density at radius 2 is 1.68 bits per heavy atom. The maximum absolute atomic E-state index is 5.41. The topological polar surface area (TPSA) is 60.1 Å². The molecular weight excluding hydrogens is 316 g/mol. The van der Waals surface area contributed by atoms with Gasteiger partial charge in [0.05, 0.1) is 27.9 Å². The predicted octanol–water partition coefficient (Wildman–Crippen LogP) is 2.50. The Labute approximate surface area is 147 Å². The van der Waals surface area contributed by atoms with Crippen LogP contribution < -0.4 is 19.5 Å². The molecule has 3 N–H and O–H groups in total. The number of fused-ring (bicyclic) bond motifs is 1. The lowest BCUT2D eigenvalue weighted by molar-refractivity contribution is -0.670. The van der Waals surface area contributed by atoms with Crippen molar-refractivity contribution in [3.8, 4) is 17.2 Å². The van der Waals surface area contributed by atoms with Crippen LogP contribution in [0.25, 0.3) is 10.9 Å². The molecule has 5 heteroatoms. The number of methoxy groups -OCH3 is 3. The minimum Gasteiger partial charge on any atom is -0.493 e. The van der Waals surface area contributed by atoms with E-state index in [0.717, 1.165) is 25.1 Å². The lowest BCUT2D eigenvalue weighted by Crippen LogP contribution is -2.83. The van der Waals surface area contributed by atoms with E-state index in [1.165, 1.54) is 16.5 Å². The number of H-pyrrole nitrogens is 1. The van der Waals surface area contributed by atoms with Gasteiger partial charge in [-0.2, -0.15) is 0 Å². The molecule has 0 fully saturated rings. The Kier molecular flexibility index (Phi) is 5.46. The molecule has 0 bridgehead atoms. The Hall–Kier alpha value is -2.66. The quantitative estimate of drug-likeness (QED) is 0.619. The molecule has 0 unspecified atom stereocenters. The van der Waals surface area contributed by atoms with Crippen LogP contribution in [0.5, 0.6) is 17.2 Å². The van der Waals surface area contributed by atoms with Crippen molar-refractivity contribution in [3.05, 3.63) is 53.7 Å². The lowest BCUT2D eigenvalue weighted by Gasteiger charge is -2.13. The fraction of sp³-hybridized carbons (Fsp3) is 0.300. The number of para-hydroxylation sites is 1. The van der Waals surface area contributed by atoms with Gasteiger partial charge in [-0.25, -0.2) is 0 Å². The number of hydrogen-bond donors (Lipinski definition) is 2. The largest absolute Gasteiger partial charge is 0.493 e. The first-order chi connectivity index (χ1) is 12.3. The van der Waals surface area contributed by atoms with Gasteiger partial charge < -0.3 is 24.5 Å². The molecule has 1 heterocycles. The van der Waals surface area contributed by atoms with Gasteiger partial charge in [0.2, 0.25) is 5.75 Å². The molecule has 0 saturated carbocycles. The van der Waals surface area contributed by atoms with Gasteiger partial charge in [0, 0.05) is 29.1 Å². The zero-order chi connectivity index (χ0) is 17.6. The van der Waals surface area contributed by atoms with Crippen molar-refractivity contribution in [1.82, 2.24) is 4.98 Å². The lowest BCUT2D eigenvalue weighted by atomic mass is 10.1. The number of aromatic nitrogens is 1. The van der Waals surface area contributed by atoms with Crippen molar-refractivity contribution in [2.45, 2.75) is 13.0 Å². The van der Waals surface area contributed by atoms with Gasteiger partial charge in [-0.3, -0.25) is 0 Å². The highest BCUT2D eigenvalue weighted by atomic mass is 16.5. The van der Waals surface area contributed by atoms with Crippen molar-refractivity contribution >= 4 is 10.9 Å². The van der Waals surface area contributed by atoms with Gasteiger partial charge in [-0.1, -0.05) is 18.2 Å². The number of rotatable bonds is 8. The molecule has 132 valence electrons. The monoisotopic (exact) mass is 341 g/mol. The third-order valence-electron chi connectivity index (χ3n) is 4.40. The molecule has 0 atom stereocenters. The highest BCUT2D eigenvalue weighted by Gasteiger charge is 2.13. The van der Waals surface area contributed by atoms with Crippen LogP contribution in [-0.4, -0.2) is 32.9 Å². The molecule has 0 aliphatic rings. The van der Waals surface area contributed by atoms with E-state index in [-0.39, 0.29) is 0 Å². The van der Waals surface area contributed by atoms with E-state index in [9.17, 15) is 0 Å². The summed E-state index contributed by atoms with van der Waals surface area (Å²) in [5, 5.41) is 3.60. The van der Waals surface area contributed by atoms with Crippen molar-refractivity contribution in [2.75, 3.05) is 27.9 Å². The third-order valence-corrected chi connectivity index (χ3v) is 4.40. The summed E-state index contributed by atoms with van der Waals surface area (Å²) in [5.74, 6) is 2.02. The SMILES string of the molecule is COc1cc(C[NH2+]CCc2c[nH]c3ccccc23)cc(OC)c1OC. The summed E-state index contributed by atoms with van der Waals surface area (Å²) >= 11 is 0. The number of quaternary nitrogens is 1. The van der Waals surface area contributed by atoms with E-state index in [1.807, 2.05) is 12.1 Å². The fourth-order valence-electron chi connectivity index (χ4n) is 3.12. The Bertz CT molecular complexity index is 817. The van der Waals surface area contributed by atoms with Gasteiger partial charge in [-0.05, 0) is 23.8 Å². The van der Waals surface area contributed by atoms with E-state index >= 15 is 0 Å². The Morgan fingerprint density at radius 3 is 2.36 bits per heavy atom. The van der Waals surface area contributed by atoms with Gasteiger partial charge in [0.1, 0.15) is 6.54 Å². The summed E-state index contributed by atoms with van der Waals surface area (Å²) in [6.45, 7) is 1.87. The van der Waals surface area contributed by atoms with Crippen LogP contribution in [0.2, 0.25) is 0 Å². The minimum atomic E-state index is 0.632. The highest BCUT2D eigenvalue weighted by molar-refractivity contribution is 5.83. The zero-order valence-corrected chi connectivity index (χ0v) is 15.0. The smallest absolute Gasteiger partial charge is 0.203 e. The molecule has 0 spiro atoms. The van der Waals surface area contributed by atoms with Gasteiger partial charge >= 0.3 is 0 Å². The van der Waals surface area contributed by atoms with Crippen molar-refractivity contribution in [2.24, 2.45) is 0 Å². The van der Waals surface area contributed by atoms with Crippen LogP contribution in [-0.2, 0) is 13.0 Å². The molecule has 0 saturated heterocycles. The molecule has 2 aromatic carbocycles. The fourth-order valence-corrected chi connectivity index (χ4v) is 3.12. The average Bonchev–Trinajstić information content (AvgIpc) is 3.07. The number of nitrogens with two attached hydrogens (primary N) is 1. The van der Waals surface area contributed by atoms with Crippen LogP contribution >= 0.6 is 0 Å². The normalized spacial score (nSPS) is 10.8. The van der Waals surface area contributed by atoms with E-state index in [0.29, 0.717) is 17.2 Å². The number of nitrogens with one attached hydrogen (secondary N) is 1. The second kappa shape index (κ2) is 7.94. The molecule has 0 amide bonds. The number of aromatic amines is 1. The maximum atomic E-state index is 5.41. The minimum absolute atomic E-state index is 0.632. The summed E-state index contributed by atoms with van der Waals surface area (Å²) in [6, 6.07) is 12.4. The number of hydrogen-bond acceptors (Lipinski definition) is 3. The molecule has 1 aromatic heterocycles. The number of benzene rings is 2. The first-order valence-electron chi connectivity index (χ1n) is 8.42. The van der Waals surface area contributed by atoms with Gasteiger partial charge in [0.15, 0.2) is 11.5 Å². The Morgan fingerprint density at radius 1 is 0.960 bits per heavy atom. The first kappa shape index (κ1) is 17.2. The van der Waals surface area contributed by atoms with Gasteiger partial charge in [0.25, 0.3) is 0 Å². The van der Waals surface area contributed by atoms with E-state index < -0.39 is 0 Å². The summed E-state index contributed by atoms with van der Waals surface area (Å²) in [6.07, 6.45) is 3.13. The molecule has 0 radical (unpaired) electrons. The van der Waals surface area contributed by atoms with Crippen molar-refractivity contribution in [1.29, 1.82) is 0 Å². The number of ether oxygens (including phenoxy) is 3. The van der Waals surface area contributed by atoms with Crippen molar-refractivity contribution < 1.29 is 19.5 Å². The predicted molar refractivity (Wildman–Crippen MR) is 98.6 cm³/mol. The molecule has 3 rings (SSSR count). The average molecular weight is 341 g/mol. The molecule has 0 aliphatic heterocycles. The van der Waals surface area contributed by atoms with E-state index in [1.54, 1.807) is 21.3 Å². The van der Waals surface area contributed by atoms with Crippen LogP contribution in [0.15, 0.2) is 42.6 Å². The standard InChI is InChI=1S/C20H24N2O3/c1-23-18-10-14(11-19(24-2)20(18)25-3)12-21-9-8-15-13-22-17-7-5-4-6-16(15)17/h4-7,10-11,13,21-22H,8-9,12H2,1-3H3/p+1. The third kappa shape index (κ3) is 3.72. The molecule has 5 nitrogen and oxygen atoms in total. The summed E-state index contributed by atoms with van der Waals surface area (Å²) in [5.41, 5.74) is 3.70. The summed E-state index contributed by atoms with van der Waals surface area (Å²) < 4.78 is 16.2. The molecular formula is C20H25N2O3+. The van der Waals surface area contributed by atoms with E-state index in [2.05, 4.69) is 40.8 Å². The molecule has 3 aromatic rings. The van der Waals surface area contributed by atoms with Crippen LogP contribution in [0.1, 0.15) is 11.1 Å². The second-order valence-electron chi connectivity index (χ2n) is 5.92. The van der Waals surface area contributed by atoms with Crippen LogP contribution in [0.3, 0.4) is 0 Å². The van der Waals surface area contributed by atoms with Crippen molar-refractivity contribution in [3.63, 3.8) is 0 Å².